The van der Waals surface area contributed by atoms with Crippen molar-refractivity contribution >= 4 is 85.7 Å². The molecule has 0 saturated carbocycles. The van der Waals surface area contributed by atoms with E-state index in [1.807, 2.05) is 0 Å². The van der Waals surface area contributed by atoms with Crippen LogP contribution in [0.15, 0.2) is 36.4 Å². The van der Waals surface area contributed by atoms with Crippen LogP contribution in [0.2, 0.25) is 0 Å². The van der Waals surface area contributed by atoms with Crippen molar-refractivity contribution in [1.29, 1.82) is 0 Å². The van der Waals surface area contributed by atoms with Crippen molar-refractivity contribution in [1.82, 2.24) is 21.3 Å². The zero-order valence-corrected chi connectivity index (χ0v) is 32.0. The molecule has 4 amide bonds. The van der Waals surface area contributed by atoms with Crippen LogP contribution in [0.4, 0.5) is 0 Å². The first-order chi connectivity index (χ1) is 21.9. The van der Waals surface area contributed by atoms with E-state index in [4.69, 9.17) is 28.7 Å². The molecule has 292 valence electrons. The fourth-order valence-corrected chi connectivity index (χ4v) is 5.03. The molecule has 1 heterocycles. The van der Waals surface area contributed by atoms with Gasteiger partial charge >= 0.3 is 0 Å². The first-order valence-corrected chi connectivity index (χ1v) is 15.4. The van der Waals surface area contributed by atoms with Gasteiger partial charge in [-0.15, -0.1) is 62.0 Å². The summed E-state index contributed by atoms with van der Waals surface area (Å²) >= 11 is 0. The molecule has 0 unspecified atom stereocenters. The second-order valence-electron chi connectivity index (χ2n) is 11.5. The molecule has 2 aromatic rings. The minimum atomic E-state index is -1.24. The largest absolute Gasteiger partial charge is 0.508 e. The van der Waals surface area contributed by atoms with Gasteiger partial charge < -0.3 is 60.1 Å². The number of rotatable bonds is 12. The molecular weight excluding hydrogens is 772 g/mol. The lowest BCUT2D eigenvalue weighted by molar-refractivity contribution is -0.132. The predicted molar refractivity (Wildman–Crippen MR) is 209 cm³/mol. The summed E-state index contributed by atoms with van der Waals surface area (Å²) < 4.78 is 0. The Labute approximate surface area is 328 Å². The number of amides is 4. The van der Waals surface area contributed by atoms with Gasteiger partial charge in [-0.1, -0.05) is 12.1 Å². The maximum Gasteiger partial charge on any atom is 0.243 e. The molecule has 0 aliphatic carbocycles. The fraction of sp³-hybridized carbons (Fsp3) is 0.484. The van der Waals surface area contributed by atoms with Gasteiger partial charge in [-0.3, -0.25) is 19.2 Å². The van der Waals surface area contributed by atoms with Crippen LogP contribution in [-0.2, 0) is 32.0 Å². The summed E-state index contributed by atoms with van der Waals surface area (Å²) in [5.41, 5.74) is 31.4. The van der Waals surface area contributed by atoms with Crippen LogP contribution >= 0.6 is 62.0 Å². The van der Waals surface area contributed by atoms with Crippen LogP contribution in [-0.4, -0.2) is 90.2 Å². The Morgan fingerprint density at radius 1 is 0.784 bits per heavy atom. The van der Waals surface area contributed by atoms with Gasteiger partial charge in [0.1, 0.15) is 29.6 Å². The molecule has 1 aliphatic heterocycles. The zero-order chi connectivity index (χ0) is 33.8. The number of hydrogen-bond acceptors (Lipinski definition) is 11. The molecule has 0 radical (unpaired) electrons. The third kappa shape index (κ3) is 16.2. The molecule has 4 bridgehead atoms. The van der Waals surface area contributed by atoms with E-state index in [2.05, 4.69) is 21.3 Å². The number of aromatic hydroxyl groups is 2. The highest BCUT2D eigenvalue weighted by Crippen LogP contribution is 2.30. The van der Waals surface area contributed by atoms with E-state index in [1.165, 1.54) is 12.1 Å². The number of carbonyl (C=O) groups excluding carboxylic acids is 4. The monoisotopic (exact) mass is 821 g/mol. The lowest BCUT2D eigenvalue weighted by Gasteiger charge is -2.25. The van der Waals surface area contributed by atoms with Crippen molar-refractivity contribution in [3.8, 4) is 22.6 Å². The van der Waals surface area contributed by atoms with Crippen molar-refractivity contribution in [3.63, 3.8) is 0 Å². The van der Waals surface area contributed by atoms with Gasteiger partial charge in [0, 0.05) is 32.0 Å². The number of phenols is 2. The number of hydrogen-bond donors (Lipinski definition) is 11. The van der Waals surface area contributed by atoms with Crippen molar-refractivity contribution in [3.05, 3.63) is 47.5 Å². The van der Waals surface area contributed by atoms with Crippen LogP contribution < -0.4 is 49.9 Å². The van der Waals surface area contributed by atoms with Crippen LogP contribution in [0.1, 0.15) is 36.8 Å². The Morgan fingerprint density at radius 3 is 1.88 bits per heavy atom. The molecule has 0 spiro atoms. The summed E-state index contributed by atoms with van der Waals surface area (Å²) in [6, 6.07) is 4.82. The van der Waals surface area contributed by atoms with Gasteiger partial charge in [0.2, 0.25) is 23.6 Å². The van der Waals surface area contributed by atoms with E-state index < -0.39 is 47.8 Å². The first-order valence-electron chi connectivity index (χ1n) is 15.4. The lowest BCUT2D eigenvalue weighted by atomic mass is 9.95. The van der Waals surface area contributed by atoms with Crippen LogP contribution in [0, 0.1) is 0 Å². The summed E-state index contributed by atoms with van der Waals surface area (Å²) in [5, 5.41) is 31.8. The van der Waals surface area contributed by atoms with Crippen LogP contribution in [0.25, 0.3) is 11.1 Å². The summed E-state index contributed by atoms with van der Waals surface area (Å²) in [5.74, 6) is -2.65. The van der Waals surface area contributed by atoms with Crippen LogP contribution in [0.5, 0.6) is 11.5 Å². The van der Waals surface area contributed by atoms with Gasteiger partial charge in [0.25, 0.3) is 0 Å². The van der Waals surface area contributed by atoms with Gasteiger partial charge in [-0.2, -0.15) is 0 Å². The standard InChI is InChI=1S/C31H47N9O6.5ClH/c32-9-1-3-21(34)15-37-28(43)23(36)16-38-30(45)25-14-20-12-18(6-8-27(20)42)17-5-7-26(41)19(11-17)13-22(35)29(44)39-24(4-2-10-33)31(46)40-25;;;;;/h5-8,11-12,21-25,41-42H,1-4,9-10,13-16,32-36H2,(H,37,43)(H,38,45)(H,39,44)(H,40,46);5*1H/t21-,22-,23-,24-,25-;;;;;/m0...../s1. The van der Waals surface area contributed by atoms with E-state index in [9.17, 15) is 29.4 Å². The molecular formula is C31H52Cl5N9O6. The van der Waals surface area contributed by atoms with Gasteiger partial charge in [-0.25, -0.2) is 0 Å². The molecule has 1 aliphatic rings. The summed E-state index contributed by atoms with van der Waals surface area (Å²) in [6.45, 7) is 0.670. The second-order valence-corrected chi connectivity index (χ2v) is 11.5. The van der Waals surface area contributed by atoms with E-state index in [-0.39, 0.29) is 118 Å². The Hall–Kier alpha value is -2.83. The third-order valence-corrected chi connectivity index (χ3v) is 7.81. The molecule has 16 N–H and O–H groups in total. The van der Waals surface area contributed by atoms with Gasteiger partial charge in [0.05, 0.1) is 6.04 Å². The number of carbonyl (C=O) groups is 4. The van der Waals surface area contributed by atoms with E-state index >= 15 is 0 Å². The minimum Gasteiger partial charge on any atom is -0.508 e. The lowest BCUT2D eigenvalue weighted by Crippen LogP contribution is -2.57. The quantitative estimate of drug-likeness (QED) is 0.131. The molecule has 5 atom stereocenters. The average Bonchev–Trinajstić information content (AvgIpc) is 3.04. The summed E-state index contributed by atoms with van der Waals surface area (Å²) in [7, 11) is 0. The molecule has 15 nitrogen and oxygen atoms in total. The fourth-order valence-electron chi connectivity index (χ4n) is 5.03. The Kier molecular flexibility index (Phi) is 26.8. The van der Waals surface area contributed by atoms with E-state index in [0.29, 0.717) is 48.1 Å². The molecule has 2 aromatic carbocycles. The van der Waals surface area contributed by atoms with Crippen molar-refractivity contribution < 1.29 is 29.4 Å². The zero-order valence-electron chi connectivity index (χ0n) is 27.9. The maximum absolute atomic E-state index is 13.5. The maximum atomic E-state index is 13.5. The molecule has 0 saturated heterocycles. The smallest absolute Gasteiger partial charge is 0.243 e. The van der Waals surface area contributed by atoms with Crippen molar-refractivity contribution in [2.75, 3.05) is 26.2 Å². The van der Waals surface area contributed by atoms with E-state index in [1.54, 1.807) is 24.3 Å². The molecule has 51 heavy (non-hydrogen) atoms. The molecule has 20 heteroatoms. The summed E-state index contributed by atoms with van der Waals surface area (Å²) in [6.07, 6.45) is 1.73. The SMILES string of the molecule is Cl.Cl.Cl.Cl.Cl.NCCC[C@H](N)CNC(=O)[C@@H](N)CNC(=O)[C@@H]1Cc2cc(ccc2O)-c2ccc(O)c(c2)C[C@H](N)C(=O)N[C@@H](CCCN)C(=O)N1. The van der Waals surface area contributed by atoms with Crippen molar-refractivity contribution in [2.24, 2.45) is 28.7 Å². The molecule has 0 fully saturated rings. The minimum absolute atomic E-state index is 0. The average molecular weight is 824 g/mol. The Morgan fingerprint density at radius 2 is 1.33 bits per heavy atom. The number of nitrogens with one attached hydrogen (secondary N) is 4. The molecule has 0 aromatic heterocycles. The highest BCUT2D eigenvalue weighted by Gasteiger charge is 2.30. The van der Waals surface area contributed by atoms with Gasteiger partial charge in [-0.05, 0) is 85.3 Å². The predicted octanol–water partition coefficient (Wildman–Crippen LogP) is -0.366. The van der Waals surface area contributed by atoms with Crippen molar-refractivity contribution in [2.45, 2.75) is 68.7 Å². The second kappa shape index (κ2) is 26.0. The third-order valence-electron chi connectivity index (χ3n) is 7.81. The first kappa shape index (κ1) is 52.5. The highest BCUT2D eigenvalue weighted by molar-refractivity contribution is 5.93. The van der Waals surface area contributed by atoms with E-state index in [0.717, 1.165) is 0 Å². The normalized spacial score (nSPS) is 17.9. The Bertz CT molecular complexity index is 1400. The van der Waals surface area contributed by atoms with Crippen LogP contribution in [0.3, 0.4) is 0 Å². The highest BCUT2D eigenvalue weighted by atomic mass is 35.5. The number of nitrogens with two attached hydrogens (primary N) is 5. The summed E-state index contributed by atoms with van der Waals surface area (Å²) in [4.78, 5) is 52.6. The number of fused-ring (bicyclic) bond motifs is 5. The Balaban J connectivity index is -0.00000461. The topological polar surface area (TPSA) is 287 Å². The number of halogens is 5. The number of phenolic OH excluding ortho intramolecular Hbond substituents is 2. The number of benzene rings is 2. The van der Waals surface area contributed by atoms with Gasteiger partial charge in [0.15, 0.2) is 0 Å². The molecule has 3 rings (SSSR count).